The molecule has 1 N–H and O–H groups in total. The molecule has 0 aliphatic heterocycles. The van der Waals surface area contributed by atoms with Crippen LogP contribution in [0.3, 0.4) is 0 Å². The number of alkyl halides is 3. The van der Waals surface area contributed by atoms with Gasteiger partial charge in [0.15, 0.2) is 0 Å². The highest BCUT2D eigenvalue weighted by atomic mass is 19.4. The predicted octanol–water partition coefficient (Wildman–Crippen LogP) is 2.57. The van der Waals surface area contributed by atoms with Gasteiger partial charge in [0.2, 0.25) is 0 Å². The highest BCUT2D eigenvalue weighted by molar-refractivity contribution is 4.97. The summed E-state index contributed by atoms with van der Waals surface area (Å²) in [5.74, 6) is 0.480. The van der Waals surface area contributed by atoms with Gasteiger partial charge in [0.1, 0.15) is 0 Å². The van der Waals surface area contributed by atoms with Crippen LogP contribution in [0.4, 0.5) is 13.2 Å². The van der Waals surface area contributed by atoms with Crippen LogP contribution in [0.25, 0.3) is 0 Å². The molecule has 0 aromatic carbocycles. The largest absolute Gasteiger partial charge is 0.401 e. The number of hydrogen-bond donors (Lipinski definition) is 1. The monoisotopic (exact) mass is 195 g/mol. The molecule has 0 aromatic rings. The average Bonchev–Trinajstić information content (AvgIpc) is 2.65. The minimum Gasteiger partial charge on any atom is -0.308 e. The second-order valence-corrected chi connectivity index (χ2v) is 4.24. The molecular formula is C9H16F3N. The molecule has 1 aliphatic carbocycles. The van der Waals surface area contributed by atoms with Crippen LogP contribution in [-0.2, 0) is 0 Å². The maximum Gasteiger partial charge on any atom is 0.401 e. The van der Waals surface area contributed by atoms with Gasteiger partial charge in [-0.25, -0.2) is 0 Å². The maximum absolute atomic E-state index is 11.8. The third-order valence-electron chi connectivity index (χ3n) is 2.92. The fraction of sp³-hybridized carbons (Fsp3) is 1.00. The molecule has 1 nitrogen and oxygen atoms in total. The summed E-state index contributed by atoms with van der Waals surface area (Å²) in [6.07, 6.45) is -1.95. The van der Waals surface area contributed by atoms with Gasteiger partial charge in [0.05, 0.1) is 6.54 Å². The standard InChI is InChI=1S/C9H16F3N/c1-7(2)8(3-4-8)5-13-6-9(10,11)12/h7,13H,3-6H2,1-2H3. The fourth-order valence-corrected chi connectivity index (χ4v) is 1.57. The van der Waals surface area contributed by atoms with E-state index in [0.29, 0.717) is 12.5 Å². The lowest BCUT2D eigenvalue weighted by Gasteiger charge is -2.20. The fourth-order valence-electron chi connectivity index (χ4n) is 1.57. The van der Waals surface area contributed by atoms with Crippen molar-refractivity contribution in [1.82, 2.24) is 5.32 Å². The number of hydrogen-bond acceptors (Lipinski definition) is 1. The van der Waals surface area contributed by atoms with Crippen molar-refractivity contribution < 1.29 is 13.2 Å². The Labute approximate surface area is 76.7 Å². The summed E-state index contributed by atoms with van der Waals surface area (Å²) in [5.41, 5.74) is 0.158. The van der Waals surface area contributed by atoms with E-state index in [1.54, 1.807) is 0 Å². The van der Waals surface area contributed by atoms with Gasteiger partial charge < -0.3 is 5.32 Å². The Bertz CT molecular complexity index is 170. The van der Waals surface area contributed by atoms with Crippen LogP contribution < -0.4 is 5.32 Å². The second-order valence-electron chi connectivity index (χ2n) is 4.24. The quantitative estimate of drug-likeness (QED) is 0.727. The van der Waals surface area contributed by atoms with Crippen LogP contribution in [0, 0.1) is 11.3 Å². The molecule has 0 heterocycles. The van der Waals surface area contributed by atoms with Crippen LogP contribution >= 0.6 is 0 Å². The van der Waals surface area contributed by atoms with Gasteiger partial charge in [-0.15, -0.1) is 0 Å². The zero-order chi connectivity index (χ0) is 10.1. The van der Waals surface area contributed by atoms with Crippen LogP contribution in [0.2, 0.25) is 0 Å². The van der Waals surface area contributed by atoms with E-state index in [4.69, 9.17) is 0 Å². The molecule has 4 heteroatoms. The Kier molecular flexibility index (Phi) is 2.90. The summed E-state index contributed by atoms with van der Waals surface area (Å²) in [6, 6.07) is 0. The van der Waals surface area contributed by atoms with Crippen molar-refractivity contribution in [2.45, 2.75) is 32.9 Å². The third-order valence-corrected chi connectivity index (χ3v) is 2.92. The molecule has 0 saturated heterocycles. The van der Waals surface area contributed by atoms with E-state index in [1.165, 1.54) is 0 Å². The van der Waals surface area contributed by atoms with E-state index in [0.717, 1.165) is 12.8 Å². The summed E-state index contributed by atoms with van der Waals surface area (Å²) in [4.78, 5) is 0. The van der Waals surface area contributed by atoms with Crippen LogP contribution in [-0.4, -0.2) is 19.3 Å². The Morgan fingerprint density at radius 3 is 2.15 bits per heavy atom. The van der Waals surface area contributed by atoms with Crippen molar-refractivity contribution in [3.05, 3.63) is 0 Å². The molecule has 0 bridgehead atoms. The summed E-state index contributed by atoms with van der Waals surface area (Å²) in [6.45, 7) is 3.79. The molecular weight excluding hydrogens is 179 g/mol. The molecule has 0 spiro atoms. The van der Waals surface area contributed by atoms with E-state index in [2.05, 4.69) is 19.2 Å². The van der Waals surface area contributed by atoms with Crippen LogP contribution in [0.5, 0.6) is 0 Å². The number of nitrogens with one attached hydrogen (secondary N) is 1. The van der Waals surface area contributed by atoms with Crippen LogP contribution in [0.15, 0.2) is 0 Å². The molecule has 1 saturated carbocycles. The highest BCUT2D eigenvalue weighted by Gasteiger charge is 2.45. The van der Waals surface area contributed by atoms with Gasteiger partial charge in [-0.1, -0.05) is 13.8 Å². The van der Waals surface area contributed by atoms with E-state index in [-0.39, 0.29) is 5.41 Å². The van der Waals surface area contributed by atoms with Gasteiger partial charge in [-0.2, -0.15) is 13.2 Å². The van der Waals surface area contributed by atoms with E-state index in [1.807, 2.05) is 0 Å². The van der Waals surface area contributed by atoms with Gasteiger partial charge in [-0.3, -0.25) is 0 Å². The minimum absolute atomic E-state index is 0.158. The summed E-state index contributed by atoms with van der Waals surface area (Å²) >= 11 is 0. The smallest absolute Gasteiger partial charge is 0.308 e. The molecule has 0 aromatic heterocycles. The summed E-state index contributed by atoms with van der Waals surface area (Å²) in [5, 5.41) is 2.48. The average molecular weight is 195 g/mol. The van der Waals surface area contributed by atoms with Gasteiger partial charge >= 0.3 is 6.18 Å². The topological polar surface area (TPSA) is 12.0 Å². The molecule has 0 unspecified atom stereocenters. The van der Waals surface area contributed by atoms with Gasteiger partial charge in [0.25, 0.3) is 0 Å². The molecule has 0 radical (unpaired) electrons. The minimum atomic E-state index is -4.08. The normalized spacial score (nSPS) is 20.8. The Morgan fingerprint density at radius 1 is 1.31 bits per heavy atom. The Balaban J connectivity index is 2.20. The third kappa shape index (κ3) is 3.18. The first kappa shape index (κ1) is 10.8. The zero-order valence-corrected chi connectivity index (χ0v) is 8.04. The molecule has 1 fully saturated rings. The van der Waals surface area contributed by atoms with Crippen molar-refractivity contribution in [2.75, 3.05) is 13.1 Å². The second kappa shape index (κ2) is 3.48. The lowest BCUT2D eigenvalue weighted by atomic mass is 9.92. The van der Waals surface area contributed by atoms with Crippen molar-refractivity contribution in [2.24, 2.45) is 11.3 Å². The van der Waals surface area contributed by atoms with Crippen molar-refractivity contribution in [1.29, 1.82) is 0 Å². The molecule has 1 rings (SSSR count). The Morgan fingerprint density at radius 2 is 1.85 bits per heavy atom. The number of halogens is 3. The first-order valence-electron chi connectivity index (χ1n) is 4.63. The van der Waals surface area contributed by atoms with Crippen molar-refractivity contribution in [3.63, 3.8) is 0 Å². The lowest BCUT2D eigenvalue weighted by molar-refractivity contribution is -0.125. The first-order valence-corrected chi connectivity index (χ1v) is 4.63. The summed E-state index contributed by atoms with van der Waals surface area (Å²) < 4.78 is 35.4. The SMILES string of the molecule is CC(C)C1(CNCC(F)(F)F)CC1. The number of rotatable bonds is 4. The highest BCUT2D eigenvalue weighted by Crippen LogP contribution is 2.51. The van der Waals surface area contributed by atoms with Crippen molar-refractivity contribution in [3.8, 4) is 0 Å². The molecule has 1 aliphatic rings. The maximum atomic E-state index is 11.8. The first-order chi connectivity index (χ1) is 5.86. The molecule has 13 heavy (non-hydrogen) atoms. The molecule has 0 amide bonds. The van der Waals surface area contributed by atoms with Crippen molar-refractivity contribution >= 4 is 0 Å². The van der Waals surface area contributed by atoms with E-state index < -0.39 is 12.7 Å². The van der Waals surface area contributed by atoms with Gasteiger partial charge in [-0.05, 0) is 24.2 Å². The van der Waals surface area contributed by atoms with E-state index in [9.17, 15) is 13.2 Å². The predicted molar refractivity (Wildman–Crippen MR) is 45.4 cm³/mol. The lowest BCUT2D eigenvalue weighted by Crippen LogP contribution is -2.34. The Hall–Kier alpha value is -0.250. The zero-order valence-electron chi connectivity index (χ0n) is 8.04. The molecule has 78 valence electrons. The van der Waals surface area contributed by atoms with Crippen LogP contribution in [0.1, 0.15) is 26.7 Å². The van der Waals surface area contributed by atoms with E-state index >= 15 is 0 Å². The van der Waals surface area contributed by atoms with Gasteiger partial charge in [0, 0.05) is 6.54 Å². The molecule has 0 atom stereocenters. The summed E-state index contributed by atoms with van der Waals surface area (Å²) in [7, 11) is 0.